The molecule has 360 valence electrons. The molecule has 0 aromatic carbocycles. The molecule has 0 bridgehead atoms. The molecule has 11 heteroatoms. The molecule has 3 unspecified atom stereocenters. The van der Waals surface area contributed by atoms with Crippen LogP contribution in [-0.4, -0.2) is 60.5 Å². The number of nitrogens with two attached hydrogens (primary N) is 1. The van der Waals surface area contributed by atoms with Crippen LogP contribution in [0.2, 0.25) is 0 Å². The molecule has 0 radical (unpaired) electrons. The fourth-order valence-corrected chi connectivity index (χ4v) is 7.42. The van der Waals surface area contributed by atoms with Crippen LogP contribution >= 0.6 is 7.82 Å². The van der Waals surface area contributed by atoms with Gasteiger partial charge in [-0.25, -0.2) is 4.57 Å². The highest BCUT2D eigenvalue weighted by Crippen LogP contribution is 2.43. The number of carbonyl (C=O) groups is 2. The molecule has 0 saturated carbocycles. The van der Waals surface area contributed by atoms with E-state index in [9.17, 15) is 19.0 Å². The van der Waals surface area contributed by atoms with E-state index in [4.69, 9.17) is 29.4 Å². The van der Waals surface area contributed by atoms with Gasteiger partial charge in [0, 0.05) is 13.0 Å². The fourth-order valence-electron chi connectivity index (χ4n) is 6.64. The van der Waals surface area contributed by atoms with E-state index in [0.29, 0.717) is 13.0 Å². The Balaban J connectivity index is 4.22. The van der Waals surface area contributed by atoms with Crippen LogP contribution in [0, 0.1) is 0 Å². The Morgan fingerprint density at radius 2 is 0.887 bits per heavy atom. The van der Waals surface area contributed by atoms with Gasteiger partial charge in [0.25, 0.3) is 0 Å². The number of phosphoric acid groups is 1. The normalized spacial score (nSPS) is 14.3. The maximum atomic E-state index is 12.7. The largest absolute Gasteiger partial charge is 0.480 e. The fraction of sp³-hybridized carbons (Fsp3) is 0.765. The van der Waals surface area contributed by atoms with Crippen molar-refractivity contribution in [1.29, 1.82) is 0 Å². The number of rotatable bonds is 47. The number of ether oxygens (including phenoxy) is 2. The van der Waals surface area contributed by atoms with Crippen molar-refractivity contribution in [3.05, 3.63) is 60.8 Å². The Kier molecular flexibility index (Phi) is 44.9. The van der Waals surface area contributed by atoms with Crippen molar-refractivity contribution in [1.82, 2.24) is 0 Å². The molecule has 10 nitrogen and oxygen atoms in total. The summed E-state index contributed by atoms with van der Waals surface area (Å²) in [6.07, 6.45) is 57.0. The Hall–Kier alpha value is -2.33. The van der Waals surface area contributed by atoms with Gasteiger partial charge in [0.05, 0.1) is 19.8 Å². The molecule has 0 aromatic heterocycles. The second-order valence-electron chi connectivity index (χ2n) is 16.6. The molecular weight excluding hydrogens is 802 g/mol. The minimum absolute atomic E-state index is 0.00550. The first kappa shape index (κ1) is 59.7. The Bertz CT molecular complexity index is 1220. The lowest BCUT2D eigenvalue weighted by Gasteiger charge is -2.20. The maximum Gasteiger partial charge on any atom is 0.472 e. The van der Waals surface area contributed by atoms with Gasteiger partial charge in [-0.3, -0.25) is 18.6 Å². The van der Waals surface area contributed by atoms with Crippen molar-refractivity contribution in [2.24, 2.45) is 5.73 Å². The summed E-state index contributed by atoms with van der Waals surface area (Å²) in [6, 6.07) is -1.48. The third-order valence-corrected chi connectivity index (χ3v) is 11.5. The SMILES string of the molecule is CCCCCC/C=C\C/C=C\CCCCCCCCCCOCC(COP(=O)(O)OCC(N)C(=O)O)OC(=O)CCCCCCCC/C=C\C/C=C\C/C=C\CCCCCCC. The van der Waals surface area contributed by atoms with Gasteiger partial charge in [0.2, 0.25) is 0 Å². The van der Waals surface area contributed by atoms with Crippen LogP contribution in [0.4, 0.5) is 0 Å². The molecule has 4 N–H and O–H groups in total. The van der Waals surface area contributed by atoms with Crippen molar-refractivity contribution in [3.8, 4) is 0 Å². The third-order valence-electron chi connectivity index (χ3n) is 10.5. The van der Waals surface area contributed by atoms with Crippen LogP contribution in [0.3, 0.4) is 0 Å². The number of esters is 1. The first-order valence-corrected chi connectivity index (χ1v) is 26.3. The average Bonchev–Trinajstić information content (AvgIpc) is 3.25. The molecule has 0 heterocycles. The quantitative estimate of drug-likeness (QED) is 0.0233. The molecule has 0 fully saturated rings. The summed E-state index contributed by atoms with van der Waals surface area (Å²) in [5.41, 5.74) is 5.37. The van der Waals surface area contributed by atoms with E-state index in [1.165, 1.54) is 103 Å². The minimum atomic E-state index is -4.63. The number of carboxylic acid groups (broad SMARTS) is 1. The van der Waals surface area contributed by atoms with Crippen LogP contribution in [-0.2, 0) is 32.7 Å². The summed E-state index contributed by atoms with van der Waals surface area (Å²) in [7, 11) is -4.63. The van der Waals surface area contributed by atoms with Gasteiger partial charge in [0.15, 0.2) is 0 Å². The zero-order chi connectivity index (χ0) is 45.5. The topological polar surface area (TPSA) is 155 Å². The van der Waals surface area contributed by atoms with Crippen molar-refractivity contribution in [2.75, 3.05) is 26.4 Å². The summed E-state index contributed by atoms with van der Waals surface area (Å²) in [5.74, 6) is -1.79. The van der Waals surface area contributed by atoms with Crippen LogP contribution < -0.4 is 5.73 Å². The molecule has 0 spiro atoms. The smallest absolute Gasteiger partial charge is 0.472 e. The van der Waals surface area contributed by atoms with Crippen LogP contribution in [0.5, 0.6) is 0 Å². The third kappa shape index (κ3) is 45.7. The highest BCUT2D eigenvalue weighted by molar-refractivity contribution is 7.47. The molecule has 62 heavy (non-hydrogen) atoms. The van der Waals surface area contributed by atoms with Gasteiger partial charge < -0.3 is 25.2 Å². The van der Waals surface area contributed by atoms with Crippen molar-refractivity contribution >= 4 is 19.8 Å². The molecule has 0 aromatic rings. The average molecular weight is 894 g/mol. The summed E-state index contributed by atoms with van der Waals surface area (Å²) < 4.78 is 33.5. The van der Waals surface area contributed by atoms with Gasteiger partial charge in [-0.15, -0.1) is 0 Å². The number of unbranched alkanes of at least 4 members (excludes halogenated alkanes) is 23. The summed E-state index contributed by atoms with van der Waals surface area (Å²) >= 11 is 0. The van der Waals surface area contributed by atoms with Crippen LogP contribution in [0.15, 0.2) is 60.8 Å². The second-order valence-corrected chi connectivity index (χ2v) is 18.0. The van der Waals surface area contributed by atoms with E-state index >= 15 is 0 Å². The number of hydrogen-bond acceptors (Lipinski definition) is 8. The van der Waals surface area contributed by atoms with E-state index in [2.05, 4.69) is 74.6 Å². The standard InChI is InChI=1S/C51H92NO9P/c1-3-5-7-9-11-13-15-17-19-21-23-24-25-27-29-31-33-35-37-39-41-43-50(53)61-48(46-59-62(56,57)60-47-49(52)51(54)55)45-58-44-42-40-38-36-34-32-30-28-26-22-20-18-16-14-12-10-8-6-4-2/h14-17,20-23,25,27,48-49H,3-13,18-19,24,26,28-47,52H2,1-2H3,(H,54,55)(H,56,57)/b16-14-,17-15-,22-20-,23-21-,27-25-. The van der Waals surface area contributed by atoms with Crippen molar-refractivity contribution < 1.29 is 42.7 Å². The van der Waals surface area contributed by atoms with Crippen LogP contribution in [0.1, 0.15) is 213 Å². The van der Waals surface area contributed by atoms with Gasteiger partial charge >= 0.3 is 19.8 Å². The number of aliphatic carboxylic acids is 1. The lowest BCUT2D eigenvalue weighted by atomic mass is 10.1. The second kappa shape index (κ2) is 46.7. The number of carboxylic acids is 1. The molecular formula is C51H92NO9P. The first-order chi connectivity index (χ1) is 30.2. The van der Waals surface area contributed by atoms with E-state index in [-0.39, 0.29) is 13.0 Å². The molecule has 0 aliphatic heterocycles. The Morgan fingerprint density at radius 1 is 0.516 bits per heavy atom. The molecule has 0 saturated heterocycles. The lowest BCUT2D eigenvalue weighted by Crippen LogP contribution is -2.34. The summed E-state index contributed by atoms with van der Waals surface area (Å²) in [4.78, 5) is 33.7. The van der Waals surface area contributed by atoms with Gasteiger partial charge in [-0.2, -0.15) is 0 Å². The molecule has 0 rings (SSSR count). The van der Waals surface area contributed by atoms with Crippen LogP contribution in [0.25, 0.3) is 0 Å². The predicted molar refractivity (Wildman–Crippen MR) is 258 cm³/mol. The number of hydrogen-bond donors (Lipinski definition) is 3. The number of phosphoric ester groups is 1. The Morgan fingerprint density at radius 3 is 1.34 bits per heavy atom. The highest BCUT2D eigenvalue weighted by atomic mass is 31.2. The molecule has 0 amide bonds. The van der Waals surface area contributed by atoms with Gasteiger partial charge in [0.1, 0.15) is 12.1 Å². The highest BCUT2D eigenvalue weighted by Gasteiger charge is 2.27. The molecule has 0 aliphatic carbocycles. The summed E-state index contributed by atoms with van der Waals surface area (Å²) in [5, 5.41) is 8.92. The van der Waals surface area contributed by atoms with Crippen molar-refractivity contribution in [3.63, 3.8) is 0 Å². The van der Waals surface area contributed by atoms with E-state index in [1.807, 2.05) is 0 Å². The van der Waals surface area contributed by atoms with E-state index < -0.39 is 45.1 Å². The maximum absolute atomic E-state index is 12.7. The number of carbonyl (C=O) groups excluding carboxylic acids is 1. The van der Waals surface area contributed by atoms with Crippen molar-refractivity contribution in [2.45, 2.75) is 225 Å². The monoisotopic (exact) mass is 894 g/mol. The van der Waals surface area contributed by atoms with Gasteiger partial charge in [-0.05, 0) is 83.5 Å². The zero-order valence-electron chi connectivity index (χ0n) is 39.5. The Labute approximate surface area is 379 Å². The minimum Gasteiger partial charge on any atom is -0.480 e. The zero-order valence-corrected chi connectivity index (χ0v) is 40.3. The van der Waals surface area contributed by atoms with E-state index in [0.717, 1.165) is 83.5 Å². The molecule has 3 atom stereocenters. The lowest BCUT2D eigenvalue weighted by molar-refractivity contribution is -0.154. The number of allylic oxidation sites excluding steroid dienone is 10. The first-order valence-electron chi connectivity index (χ1n) is 24.8. The molecule has 0 aliphatic rings. The predicted octanol–water partition coefficient (Wildman–Crippen LogP) is 14.4. The van der Waals surface area contributed by atoms with Gasteiger partial charge in [-0.1, -0.05) is 184 Å². The van der Waals surface area contributed by atoms with E-state index in [1.54, 1.807) is 0 Å². The summed E-state index contributed by atoms with van der Waals surface area (Å²) in [6.45, 7) is 3.84.